The van der Waals surface area contributed by atoms with Crippen molar-refractivity contribution in [2.75, 3.05) is 5.32 Å². The highest BCUT2D eigenvalue weighted by atomic mass is 35.5. The van der Waals surface area contributed by atoms with Crippen molar-refractivity contribution in [1.82, 2.24) is 0 Å². The van der Waals surface area contributed by atoms with Crippen molar-refractivity contribution in [1.29, 1.82) is 0 Å². The minimum Gasteiger partial charge on any atom is -0.504 e. The number of allylic oxidation sites excluding steroid dienone is 1. The summed E-state index contributed by atoms with van der Waals surface area (Å²) >= 11 is 5.95. The first-order valence-electron chi connectivity index (χ1n) is 7.27. The molecule has 6 heteroatoms. The maximum Gasteiger partial charge on any atom is 0.235 e. The smallest absolute Gasteiger partial charge is 0.235 e. The summed E-state index contributed by atoms with van der Waals surface area (Å²) in [6.45, 7) is 0. The van der Waals surface area contributed by atoms with E-state index >= 15 is 0 Å². The van der Waals surface area contributed by atoms with Crippen LogP contribution in [0.2, 0.25) is 5.02 Å². The molecule has 5 nitrogen and oxygen atoms in total. The molecule has 0 saturated carbocycles. The van der Waals surface area contributed by atoms with E-state index in [0.29, 0.717) is 16.3 Å². The summed E-state index contributed by atoms with van der Waals surface area (Å²) in [6.07, 6.45) is 3.07. The quantitative estimate of drug-likeness (QED) is 0.454. The van der Waals surface area contributed by atoms with Crippen molar-refractivity contribution in [3.63, 3.8) is 0 Å². The van der Waals surface area contributed by atoms with Crippen molar-refractivity contribution in [3.8, 4) is 11.5 Å². The summed E-state index contributed by atoms with van der Waals surface area (Å²) in [5.74, 6) is -2.03. The molecule has 0 aromatic heterocycles. The lowest BCUT2D eigenvalue weighted by Crippen LogP contribution is -2.34. The maximum absolute atomic E-state index is 12.3. The fraction of sp³-hybridized carbons (Fsp3) is 0.111. The highest BCUT2D eigenvalue weighted by Crippen LogP contribution is 2.29. The van der Waals surface area contributed by atoms with Crippen LogP contribution in [0, 0.1) is 5.92 Å². The molecule has 2 aromatic carbocycles. The Hall–Kier alpha value is -2.79. The largest absolute Gasteiger partial charge is 0.504 e. The Morgan fingerprint density at radius 2 is 1.96 bits per heavy atom. The zero-order valence-corrected chi connectivity index (χ0v) is 13.2. The summed E-state index contributed by atoms with van der Waals surface area (Å²) < 4.78 is 0. The Labute approximate surface area is 143 Å². The molecule has 3 rings (SSSR count). The number of hydrogen-bond donors (Lipinski definition) is 3. The number of ketones is 1. The van der Waals surface area contributed by atoms with Crippen molar-refractivity contribution in [3.05, 3.63) is 58.6 Å². The molecule has 1 aliphatic rings. The van der Waals surface area contributed by atoms with Gasteiger partial charge < -0.3 is 15.5 Å². The lowest BCUT2D eigenvalue weighted by molar-refractivity contribution is -0.128. The van der Waals surface area contributed by atoms with E-state index in [1.54, 1.807) is 24.3 Å². The number of nitrogens with one attached hydrogen (secondary N) is 1. The number of fused-ring (bicyclic) bond motifs is 1. The molecule has 0 bridgehead atoms. The highest BCUT2D eigenvalue weighted by molar-refractivity contribution is 6.30. The van der Waals surface area contributed by atoms with Crippen LogP contribution >= 0.6 is 11.6 Å². The lowest BCUT2D eigenvalue weighted by atomic mass is 9.89. The van der Waals surface area contributed by atoms with Crippen LogP contribution in [0.5, 0.6) is 11.5 Å². The average molecular weight is 344 g/mol. The first-order chi connectivity index (χ1) is 11.4. The summed E-state index contributed by atoms with van der Waals surface area (Å²) in [5, 5.41) is 22.0. The van der Waals surface area contributed by atoms with Crippen LogP contribution in [0.1, 0.15) is 11.1 Å². The Morgan fingerprint density at radius 3 is 2.71 bits per heavy atom. The second-order valence-corrected chi connectivity index (χ2v) is 5.97. The molecule has 0 fully saturated rings. The molecule has 24 heavy (non-hydrogen) atoms. The Balaban J connectivity index is 1.78. The monoisotopic (exact) mass is 343 g/mol. The fourth-order valence-corrected chi connectivity index (χ4v) is 2.75. The van der Waals surface area contributed by atoms with Gasteiger partial charge in [-0.25, -0.2) is 0 Å². The second kappa shape index (κ2) is 6.37. The van der Waals surface area contributed by atoms with Gasteiger partial charge in [0.2, 0.25) is 5.91 Å². The number of carbonyl (C=O) groups excluding carboxylic acids is 2. The van der Waals surface area contributed by atoms with Crippen molar-refractivity contribution in [2.24, 2.45) is 5.92 Å². The minimum atomic E-state index is -0.821. The topological polar surface area (TPSA) is 86.6 Å². The molecule has 0 radical (unpaired) electrons. The summed E-state index contributed by atoms with van der Waals surface area (Å²) in [5.41, 5.74) is 2.02. The maximum atomic E-state index is 12.3. The standard InChI is InChI=1S/C18H14ClNO4/c19-12-3-4-14-11(8-12)9-13(18(24)20-14)15(21)5-1-10-2-6-16(22)17(23)7-10/h1-8,13,22-23H,9H2,(H,20,24). The van der Waals surface area contributed by atoms with Crippen molar-refractivity contribution >= 4 is 35.1 Å². The van der Waals surface area contributed by atoms with Gasteiger partial charge in [-0.05, 0) is 54.0 Å². The fourth-order valence-electron chi connectivity index (χ4n) is 2.55. The summed E-state index contributed by atoms with van der Waals surface area (Å²) in [6, 6.07) is 9.33. The van der Waals surface area contributed by atoms with Crippen LogP contribution in [-0.2, 0) is 16.0 Å². The molecular weight excluding hydrogens is 330 g/mol. The molecule has 1 atom stereocenters. The number of phenols is 2. The van der Waals surface area contributed by atoms with E-state index in [0.717, 1.165) is 5.56 Å². The predicted molar refractivity (Wildman–Crippen MR) is 91.1 cm³/mol. The Morgan fingerprint density at radius 1 is 1.17 bits per heavy atom. The van der Waals surface area contributed by atoms with Gasteiger partial charge in [-0.15, -0.1) is 0 Å². The zero-order valence-electron chi connectivity index (χ0n) is 12.5. The van der Waals surface area contributed by atoms with Gasteiger partial charge in [0, 0.05) is 10.7 Å². The van der Waals surface area contributed by atoms with Crippen LogP contribution in [0.15, 0.2) is 42.5 Å². The van der Waals surface area contributed by atoms with Gasteiger partial charge in [-0.2, -0.15) is 0 Å². The Kier molecular flexibility index (Phi) is 4.27. The first-order valence-corrected chi connectivity index (χ1v) is 7.65. The zero-order chi connectivity index (χ0) is 17.3. The van der Waals surface area contributed by atoms with Gasteiger partial charge in [0.1, 0.15) is 5.92 Å². The van der Waals surface area contributed by atoms with E-state index in [2.05, 4.69) is 5.32 Å². The molecule has 2 aromatic rings. The minimum absolute atomic E-state index is 0.237. The summed E-state index contributed by atoms with van der Waals surface area (Å²) in [7, 11) is 0. The van der Waals surface area contributed by atoms with E-state index in [1.165, 1.54) is 24.3 Å². The molecule has 1 heterocycles. The number of anilines is 1. The number of hydrogen-bond acceptors (Lipinski definition) is 4. The van der Waals surface area contributed by atoms with E-state index in [4.69, 9.17) is 11.6 Å². The van der Waals surface area contributed by atoms with Crippen LogP contribution in [0.25, 0.3) is 6.08 Å². The number of halogens is 1. The third kappa shape index (κ3) is 3.26. The van der Waals surface area contributed by atoms with Gasteiger partial charge in [0.05, 0.1) is 0 Å². The van der Waals surface area contributed by atoms with Crippen molar-refractivity contribution in [2.45, 2.75) is 6.42 Å². The van der Waals surface area contributed by atoms with Gasteiger partial charge in [0.25, 0.3) is 0 Å². The van der Waals surface area contributed by atoms with Gasteiger partial charge in [-0.3, -0.25) is 9.59 Å². The number of phenolic OH excluding ortho intramolecular Hbond substituents is 2. The van der Waals surface area contributed by atoms with Gasteiger partial charge in [0.15, 0.2) is 17.3 Å². The van der Waals surface area contributed by atoms with E-state index in [1.807, 2.05) is 0 Å². The van der Waals surface area contributed by atoms with E-state index < -0.39 is 5.92 Å². The molecule has 122 valence electrons. The molecule has 1 amide bonds. The number of amides is 1. The molecule has 1 aliphatic heterocycles. The van der Waals surface area contributed by atoms with Crippen LogP contribution in [0.4, 0.5) is 5.69 Å². The first kappa shape index (κ1) is 16.1. The van der Waals surface area contributed by atoms with Gasteiger partial charge in [-0.1, -0.05) is 23.7 Å². The second-order valence-electron chi connectivity index (χ2n) is 5.53. The lowest BCUT2D eigenvalue weighted by Gasteiger charge is -2.23. The molecule has 0 aliphatic carbocycles. The molecule has 1 unspecified atom stereocenters. The average Bonchev–Trinajstić information content (AvgIpc) is 2.55. The molecule has 0 spiro atoms. The van der Waals surface area contributed by atoms with E-state index in [9.17, 15) is 19.8 Å². The predicted octanol–water partition coefficient (Wildman–Crippen LogP) is 3.14. The van der Waals surface area contributed by atoms with E-state index in [-0.39, 0.29) is 29.6 Å². The summed E-state index contributed by atoms with van der Waals surface area (Å²) in [4.78, 5) is 24.5. The molecular formula is C18H14ClNO4. The van der Waals surface area contributed by atoms with Gasteiger partial charge >= 0.3 is 0 Å². The number of benzene rings is 2. The van der Waals surface area contributed by atoms with Crippen LogP contribution < -0.4 is 5.32 Å². The third-order valence-corrected chi connectivity index (χ3v) is 4.08. The molecule has 3 N–H and O–H groups in total. The number of aromatic hydroxyl groups is 2. The van der Waals surface area contributed by atoms with Crippen LogP contribution in [-0.4, -0.2) is 21.9 Å². The Bertz CT molecular complexity index is 860. The SMILES string of the molecule is O=C(C=Cc1ccc(O)c(O)c1)C1Cc2cc(Cl)ccc2NC1=O. The number of rotatable bonds is 3. The third-order valence-electron chi connectivity index (χ3n) is 3.85. The van der Waals surface area contributed by atoms with Crippen LogP contribution in [0.3, 0.4) is 0 Å². The number of carbonyl (C=O) groups is 2. The molecule has 0 saturated heterocycles. The van der Waals surface area contributed by atoms with Crippen molar-refractivity contribution < 1.29 is 19.8 Å². The highest BCUT2D eigenvalue weighted by Gasteiger charge is 2.30. The normalized spacial score (nSPS) is 16.7.